The van der Waals surface area contributed by atoms with Crippen molar-refractivity contribution in [2.24, 2.45) is 5.92 Å². The molecular weight excluding hydrogens is 404 g/mol. The standard InChI is InChI=1S/C25H26N4O3/c1-3-16(2)23(24-27-18-11-7-8-12-19(18)28-24)29-25(31)20-13-21(30)22(14-26-20)32-15-17-9-5-4-6-10-17/h4-14,16,23H,3,15H2,1-2H3,(H,26,30)(H,27,28)(H,29,31)/t16-,23-/m0/s1. The van der Waals surface area contributed by atoms with Crippen LogP contribution in [0.25, 0.3) is 11.0 Å². The SMILES string of the molecule is CC[C@H](C)[C@H](NC(=O)c1cc(=O)c(OCc2ccccc2)c[nH]1)c1nc2ccccc2[nH]1. The number of benzene rings is 2. The number of aromatic amines is 2. The first-order valence-electron chi connectivity index (χ1n) is 10.7. The minimum absolute atomic E-state index is 0.139. The summed E-state index contributed by atoms with van der Waals surface area (Å²) in [4.78, 5) is 36.3. The minimum Gasteiger partial charge on any atom is -0.483 e. The van der Waals surface area contributed by atoms with Crippen molar-refractivity contribution in [1.82, 2.24) is 20.3 Å². The van der Waals surface area contributed by atoms with Crippen LogP contribution in [0.1, 0.15) is 48.2 Å². The predicted octanol–water partition coefficient (Wildman–Crippen LogP) is 4.35. The first-order chi connectivity index (χ1) is 15.5. The number of fused-ring (bicyclic) bond motifs is 1. The zero-order valence-electron chi connectivity index (χ0n) is 18.1. The Labute approximate surface area is 185 Å². The summed E-state index contributed by atoms with van der Waals surface area (Å²) in [6, 6.07) is 18.3. The molecule has 2 aromatic carbocycles. The van der Waals surface area contributed by atoms with Crippen LogP contribution in [-0.2, 0) is 6.61 Å². The number of nitrogens with one attached hydrogen (secondary N) is 3. The summed E-state index contributed by atoms with van der Waals surface area (Å²) < 4.78 is 5.61. The van der Waals surface area contributed by atoms with Gasteiger partial charge in [-0.2, -0.15) is 0 Å². The van der Waals surface area contributed by atoms with Crippen LogP contribution in [0, 0.1) is 5.92 Å². The highest BCUT2D eigenvalue weighted by Crippen LogP contribution is 2.25. The third kappa shape index (κ3) is 4.72. The van der Waals surface area contributed by atoms with Crippen molar-refractivity contribution in [2.75, 3.05) is 0 Å². The molecule has 4 aromatic rings. The molecule has 2 heterocycles. The fraction of sp³-hybridized carbons (Fsp3) is 0.240. The lowest BCUT2D eigenvalue weighted by Gasteiger charge is -2.22. The van der Waals surface area contributed by atoms with Gasteiger partial charge in [0, 0.05) is 12.3 Å². The number of hydrogen-bond donors (Lipinski definition) is 3. The maximum atomic E-state index is 12.9. The number of aromatic nitrogens is 3. The summed E-state index contributed by atoms with van der Waals surface area (Å²) >= 11 is 0. The van der Waals surface area contributed by atoms with Crippen LogP contribution < -0.4 is 15.5 Å². The van der Waals surface area contributed by atoms with Gasteiger partial charge in [0.2, 0.25) is 5.43 Å². The van der Waals surface area contributed by atoms with Crippen LogP contribution in [0.15, 0.2) is 71.7 Å². The monoisotopic (exact) mass is 430 g/mol. The van der Waals surface area contributed by atoms with Gasteiger partial charge in [-0.15, -0.1) is 0 Å². The Morgan fingerprint density at radius 2 is 1.88 bits per heavy atom. The number of imidazole rings is 1. The van der Waals surface area contributed by atoms with E-state index >= 15 is 0 Å². The van der Waals surface area contributed by atoms with Gasteiger partial charge in [0.1, 0.15) is 18.1 Å². The number of ether oxygens (including phenoxy) is 1. The number of nitrogens with zero attached hydrogens (tertiary/aromatic N) is 1. The van der Waals surface area contributed by atoms with Gasteiger partial charge in [0.05, 0.1) is 17.1 Å². The van der Waals surface area contributed by atoms with Gasteiger partial charge in [-0.1, -0.05) is 62.7 Å². The second-order valence-electron chi connectivity index (χ2n) is 7.83. The van der Waals surface area contributed by atoms with Crippen molar-refractivity contribution in [1.29, 1.82) is 0 Å². The number of carbonyl (C=O) groups excluding carboxylic acids is 1. The fourth-order valence-corrected chi connectivity index (χ4v) is 3.49. The van der Waals surface area contributed by atoms with Crippen molar-refractivity contribution >= 4 is 16.9 Å². The van der Waals surface area contributed by atoms with Gasteiger partial charge in [0.15, 0.2) is 5.75 Å². The molecule has 7 heteroatoms. The van der Waals surface area contributed by atoms with E-state index < -0.39 is 0 Å². The molecule has 0 aliphatic rings. The number of pyridine rings is 1. The normalized spacial score (nSPS) is 12.9. The molecule has 2 atom stereocenters. The third-order valence-electron chi connectivity index (χ3n) is 5.56. The van der Waals surface area contributed by atoms with E-state index in [0.717, 1.165) is 23.0 Å². The Morgan fingerprint density at radius 3 is 2.59 bits per heavy atom. The second kappa shape index (κ2) is 9.51. The van der Waals surface area contributed by atoms with E-state index in [1.807, 2.05) is 54.6 Å². The summed E-state index contributed by atoms with van der Waals surface area (Å²) in [7, 11) is 0. The summed E-state index contributed by atoms with van der Waals surface area (Å²) in [5, 5.41) is 3.02. The number of para-hydroxylation sites is 2. The quantitative estimate of drug-likeness (QED) is 0.387. The van der Waals surface area contributed by atoms with Crippen molar-refractivity contribution < 1.29 is 9.53 Å². The Hall–Kier alpha value is -3.87. The highest BCUT2D eigenvalue weighted by Gasteiger charge is 2.24. The molecular formula is C25H26N4O3. The van der Waals surface area contributed by atoms with Crippen LogP contribution in [0.4, 0.5) is 0 Å². The fourth-order valence-electron chi connectivity index (χ4n) is 3.49. The summed E-state index contributed by atoms with van der Waals surface area (Å²) in [6.07, 6.45) is 2.28. The summed E-state index contributed by atoms with van der Waals surface area (Å²) in [5.74, 6) is 0.627. The van der Waals surface area contributed by atoms with Crippen molar-refractivity contribution in [3.05, 3.63) is 94.2 Å². The molecule has 7 nitrogen and oxygen atoms in total. The van der Waals surface area contributed by atoms with E-state index in [1.54, 1.807) is 0 Å². The Balaban J connectivity index is 1.50. The van der Waals surface area contributed by atoms with Gasteiger partial charge < -0.3 is 20.0 Å². The van der Waals surface area contributed by atoms with Gasteiger partial charge in [-0.3, -0.25) is 9.59 Å². The molecule has 164 valence electrons. The maximum Gasteiger partial charge on any atom is 0.268 e. The smallest absolute Gasteiger partial charge is 0.268 e. The molecule has 0 saturated heterocycles. The second-order valence-corrected chi connectivity index (χ2v) is 7.83. The maximum absolute atomic E-state index is 12.9. The van der Waals surface area contributed by atoms with Gasteiger partial charge in [0.25, 0.3) is 5.91 Å². The van der Waals surface area contributed by atoms with Crippen molar-refractivity contribution in [3.8, 4) is 5.75 Å². The van der Waals surface area contributed by atoms with Crippen LogP contribution >= 0.6 is 0 Å². The minimum atomic E-state index is -0.373. The summed E-state index contributed by atoms with van der Waals surface area (Å²) in [5.41, 5.74) is 2.54. The largest absolute Gasteiger partial charge is 0.483 e. The zero-order valence-corrected chi connectivity index (χ0v) is 18.1. The molecule has 3 N–H and O–H groups in total. The van der Waals surface area contributed by atoms with Crippen LogP contribution in [0.5, 0.6) is 5.75 Å². The first-order valence-corrected chi connectivity index (χ1v) is 10.7. The lowest BCUT2D eigenvalue weighted by molar-refractivity contribution is 0.0915. The highest BCUT2D eigenvalue weighted by atomic mass is 16.5. The van der Waals surface area contributed by atoms with Crippen molar-refractivity contribution in [2.45, 2.75) is 32.9 Å². The number of rotatable bonds is 8. The zero-order chi connectivity index (χ0) is 22.5. The number of amides is 1. The molecule has 4 rings (SSSR count). The molecule has 0 unspecified atom stereocenters. The molecule has 0 aliphatic carbocycles. The predicted molar refractivity (Wildman–Crippen MR) is 124 cm³/mol. The molecule has 2 aromatic heterocycles. The lowest BCUT2D eigenvalue weighted by atomic mass is 9.98. The van der Waals surface area contributed by atoms with E-state index in [0.29, 0.717) is 5.82 Å². The first kappa shape index (κ1) is 21.4. The molecule has 0 radical (unpaired) electrons. The summed E-state index contributed by atoms with van der Waals surface area (Å²) in [6.45, 7) is 4.40. The van der Waals surface area contributed by atoms with Gasteiger partial charge in [-0.25, -0.2) is 4.98 Å². The molecule has 0 fully saturated rings. The van der Waals surface area contributed by atoms with E-state index in [9.17, 15) is 9.59 Å². The molecule has 0 saturated carbocycles. The van der Waals surface area contributed by atoms with Crippen molar-refractivity contribution in [3.63, 3.8) is 0 Å². The molecule has 0 aliphatic heterocycles. The van der Waals surface area contributed by atoms with E-state index in [4.69, 9.17) is 4.74 Å². The molecule has 0 spiro atoms. The molecule has 32 heavy (non-hydrogen) atoms. The van der Waals surface area contributed by atoms with Crippen LogP contribution in [-0.4, -0.2) is 20.9 Å². The number of carbonyl (C=O) groups is 1. The topological polar surface area (TPSA) is 99.9 Å². The van der Waals surface area contributed by atoms with E-state index in [1.165, 1.54) is 12.3 Å². The average Bonchev–Trinajstić information content (AvgIpc) is 3.25. The van der Waals surface area contributed by atoms with E-state index in [2.05, 4.69) is 34.1 Å². The Bertz CT molecular complexity index is 1230. The lowest BCUT2D eigenvalue weighted by Crippen LogP contribution is -2.34. The van der Waals surface area contributed by atoms with E-state index in [-0.39, 0.29) is 41.3 Å². The third-order valence-corrected chi connectivity index (χ3v) is 5.56. The molecule has 1 amide bonds. The molecule has 0 bridgehead atoms. The number of H-pyrrole nitrogens is 2. The average molecular weight is 431 g/mol. The van der Waals surface area contributed by atoms with Crippen LogP contribution in [0.2, 0.25) is 0 Å². The van der Waals surface area contributed by atoms with Gasteiger partial charge in [-0.05, 0) is 23.6 Å². The Kier molecular flexibility index (Phi) is 6.35. The Morgan fingerprint density at radius 1 is 1.12 bits per heavy atom. The highest BCUT2D eigenvalue weighted by molar-refractivity contribution is 5.92. The van der Waals surface area contributed by atoms with Gasteiger partial charge >= 0.3 is 0 Å². The van der Waals surface area contributed by atoms with Crippen LogP contribution in [0.3, 0.4) is 0 Å². The number of hydrogen-bond acceptors (Lipinski definition) is 4.